The summed E-state index contributed by atoms with van der Waals surface area (Å²) in [5, 5.41) is 0. The molecule has 0 heterocycles. The van der Waals surface area contributed by atoms with E-state index in [0.29, 0.717) is 24.7 Å². The molecule has 0 aromatic heterocycles. The molecule has 1 fully saturated rings. The molecule has 0 aliphatic heterocycles. The van der Waals surface area contributed by atoms with E-state index < -0.39 is 17.4 Å². The fourth-order valence-electron chi connectivity index (χ4n) is 3.32. The van der Waals surface area contributed by atoms with Gasteiger partial charge in [-0.25, -0.2) is 0 Å². The SMILES string of the molecule is COC(=O)C1(C(=O)OC)C[C@@H](C)[C@H](C(C)(C)C)C1. The van der Waals surface area contributed by atoms with Gasteiger partial charge in [-0.1, -0.05) is 27.7 Å². The molecule has 2 atom stereocenters. The Hall–Kier alpha value is -1.06. The zero-order chi connectivity index (χ0) is 14.1. The molecule has 4 heteroatoms. The van der Waals surface area contributed by atoms with Crippen LogP contribution in [-0.2, 0) is 19.1 Å². The average Bonchev–Trinajstić information content (AvgIpc) is 2.66. The lowest BCUT2D eigenvalue weighted by atomic mass is 9.74. The van der Waals surface area contributed by atoms with Gasteiger partial charge in [-0.2, -0.15) is 0 Å². The third-order valence-electron chi connectivity index (χ3n) is 4.19. The highest BCUT2D eigenvalue weighted by molar-refractivity contribution is 6.00. The molecule has 0 N–H and O–H groups in total. The molecule has 0 amide bonds. The minimum atomic E-state index is -1.11. The maximum absolute atomic E-state index is 12.0. The predicted molar refractivity (Wildman–Crippen MR) is 67.8 cm³/mol. The number of hydrogen-bond donors (Lipinski definition) is 0. The van der Waals surface area contributed by atoms with Gasteiger partial charge in [0.05, 0.1) is 14.2 Å². The lowest BCUT2D eigenvalue weighted by molar-refractivity contribution is -0.169. The largest absolute Gasteiger partial charge is 0.468 e. The molecular weight excluding hydrogens is 232 g/mol. The van der Waals surface area contributed by atoms with Crippen molar-refractivity contribution in [2.75, 3.05) is 14.2 Å². The number of carbonyl (C=O) groups excluding carboxylic acids is 2. The Balaban J connectivity index is 3.11. The van der Waals surface area contributed by atoms with Crippen molar-refractivity contribution >= 4 is 11.9 Å². The highest BCUT2D eigenvalue weighted by atomic mass is 16.5. The van der Waals surface area contributed by atoms with Crippen LogP contribution < -0.4 is 0 Å². The van der Waals surface area contributed by atoms with Gasteiger partial charge in [0.15, 0.2) is 5.41 Å². The molecule has 0 bridgehead atoms. The molecular formula is C14H24O4. The molecule has 0 saturated heterocycles. The first kappa shape index (κ1) is 15.0. The maximum Gasteiger partial charge on any atom is 0.323 e. The van der Waals surface area contributed by atoms with Crippen LogP contribution in [-0.4, -0.2) is 26.2 Å². The van der Waals surface area contributed by atoms with E-state index in [2.05, 4.69) is 27.7 Å². The van der Waals surface area contributed by atoms with Crippen LogP contribution >= 0.6 is 0 Å². The van der Waals surface area contributed by atoms with Gasteiger partial charge in [0.2, 0.25) is 0 Å². The molecule has 0 aromatic rings. The Morgan fingerprint density at radius 3 is 1.78 bits per heavy atom. The first-order valence-electron chi connectivity index (χ1n) is 6.36. The number of carbonyl (C=O) groups is 2. The second-order valence-corrected chi connectivity index (χ2v) is 6.42. The Labute approximate surface area is 109 Å². The van der Waals surface area contributed by atoms with Crippen molar-refractivity contribution in [3.05, 3.63) is 0 Å². The minimum absolute atomic E-state index is 0.0587. The Morgan fingerprint density at radius 2 is 1.50 bits per heavy atom. The maximum atomic E-state index is 12.0. The molecule has 0 spiro atoms. The zero-order valence-electron chi connectivity index (χ0n) is 12.2. The summed E-state index contributed by atoms with van der Waals surface area (Å²) in [6, 6.07) is 0. The monoisotopic (exact) mass is 256 g/mol. The van der Waals surface area contributed by atoms with Crippen molar-refractivity contribution in [2.45, 2.75) is 40.5 Å². The van der Waals surface area contributed by atoms with Crippen molar-refractivity contribution in [1.29, 1.82) is 0 Å². The minimum Gasteiger partial charge on any atom is -0.468 e. The fraction of sp³-hybridized carbons (Fsp3) is 0.857. The van der Waals surface area contributed by atoms with Crippen molar-refractivity contribution < 1.29 is 19.1 Å². The van der Waals surface area contributed by atoms with Crippen LogP contribution in [0.3, 0.4) is 0 Å². The third-order valence-corrected chi connectivity index (χ3v) is 4.19. The number of methoxy groups -OCH3 is 2. The summed E-state index contributed by atoms with van der Waals surface area (Å²) >= 11 is 0. The summed E-state index contributed by atoms with van der Waals surface area (Å²) in [4.78, 5) is 24.1. The molecule has 0 radical (unpaired) electrons. The second kappa shape index (κ2) is 4.90. The lowest BCUT2D eigenvalue weighted by Crippen LogP contribution is -2.39. The van der Waals surface area contributed by atoms with Gasteiger partial charge >= 0.3 is 11.9 Å². The van der Waals surface area contributed by atoms with E-state index in [1.807, 2.05) is 0 Å². The molecule has 4 nitrogen and oxygen atoms in total. The summed E-state index contributed by atoms with van der Waals surface area (Å²) in [7, 11) is 2.64. The van der Waals surface area contributed by atoms with Crippen LogP contribution in [0.25, 0.3) is 0 Å². The van der Waals surface area contributed by atoms with Crippen LogP contribution in [0.1, 0.15) is 40.5 Å². The Morgan fingerprint density at radius 1 is 1.06 bits per heavy atom. The van der Waals surface area contributed by atoms with Gasteiger partial charge in [-0.3, -0.25) is 9.59 Å². The predicted octanol–water partition coefficient (Wildman–Crippen LogP) is 2.41. The Bertz CT molecular complexity index is 324. The van der Waals surface area contributed by atoms with Crippen LogP contribution in [0.2, 0.25) is 0 Å². The summed E-state index contributed by atoms with van der Waals surface area (Å²) in [5.41, 5.74) is -1.05. The average molecular weight is 256 g/mol. The quantitative estimate of drug-likeness (QED) is 0.562. The first-order chi connectivity index (χ1) is 8.19. The van der Waals surface area contributed by atoms with Crippen LogP contribution in [0.15, 0.2) is 0 Å². The van der Waals surface area contributed by atoms with Crippen molar-refractivity contribution in [3.63, 3.8) is 0 Å². The topological polar surface area (TPSA) is 52.6 Å². The highest BCUT2D eigenvalue weighted by Crippen LogP contribution is 2.53. The molecule has 104 valence electrons. The van der Waals surface area contributed by atoms with Gasteiger partial charge in [0, 0.05) is 0 Å². The molecule has 1 rings (SSSR count). The van der Waals surface area contributed by atoms with Crippen molar-refractivity contribution in [3.8, 4) is 0 Å². The van der Waals surface area contributed by atoms with E-state index in [0.717, 1.165) is 0 Å². The van der Waals surface area contributed by atoms with E-state index in [-0.39, 0.29) is 5.41 Å². The van der Waals surface area contributed by atoms with E-state index >= 15 is 0 Å². The first-order valence-corrected chi connectivity index (χ1v) is 6.36. The lowest BCUT2D eigenvalue weighted by Gasteiger charge is -2.31. The summed E-state index contributed by atoms with van der Waals surface area (Å²) in [6.45, 7) is 8.50. The fourth-order valence-corrected chi connectivity index (χ4v) is 3.32. The Kier molecular flexibility index (Phi) is 4.08. The van der Waals surface area contributed by atoms with Crippen LogP contribution in [0.4, 0.5) is 0 Å². The van der Waals surface area contributed by atoms with Crippen molar-refractivity contribution in [2.24, 2.45) is 22.7 Å². The molecule has 1 saturated carbocycles. The van der Waals surface area contributed by atoms with Gasteiger partial charge < -0.3 is 9.47 Å². The third kappa shape index (κ3) is 2.38. The highest BCUT2D eigenvalue weighted by Gasteiger charge is 2.58. The number of rotatable bonds is 2. The molecule has 0 unspecified atom stereocenters. The van der Waals surface area contributed by atoms with Gasteiger partial charge in [0.25, 0.3) is 0 Å². The second-order valence-electron chi connectivity index (χ2n) is 6.42. The summed E-state index contributed by atoms with van der Waals surface area (Å²) < 4.78 is 9.66. The molecule has 1 aliphatic carbocycles. The van der Waals surface area contributed by atoms with Gasteiger partial charge in [-0.15, -0.1) is 0 Å². The number of hydrogen-bond acceptors (Lipinski definition) is 4. The molecule has 1 aliphatic rings. The van der Waals surface area contributed by atoms with Crippen LogP contribution in [0, 0.1) is 22.7 Å². The molecule has 18 heavy (non-hydrogen) atoms. The summed E-state index contributed by atoms with van der Waals surface area (Å²) in [5.74, 6) is -0.334. The van der Waals surface area contributed by atoms with Gasteiger partial charge in [-0.05, 0) is 30.1 Å². The summed E-state index contributed by atoms with van der Waals surface area (Å²) in [6.07, 6.45) is 1.02. The van der Waals surface area contributed by atoms with Crippen molar-refractivity contribution in [1.82, 2.24) is 0 Å². The number of ether oxygens (including phenoxy) is 2. The molecule has 0 aromatic carbocycles. The van der Waals surface area contributed by atoms with Crippen LogP contribution in [0.5, 0.6) is 0 Å². The van der Waals surface area contributed by atoms with E-state index in [9.17, 15) is 9.59 Å². The standard InChI is InChI=1S/C14H24O4/c1-9-7-14(11(15)17-5,12(16)18-6)8-10(9)13(2,3)4/h9-10H,7-8H2,1-6H3/t9-,10-/m1/s1. The number of esters is 2. The smallest absolute Gasteiger partial charge is 0.323 e. The zero-order valence-corrected chi connectivity index (χ0v) is 12.2. The van der Waals surface area contributed by atoms with E-state index in [1.54, 1.807) is 0 Å². The van der Waals surface area contributed by atoms with E-state index in [4.69, 9.17) is 9.47 Å². The normalized spacial score (nSPS) is 26.8. The van der Waals surface area contributed by atoms with Gasteiger partial charge in [0.1, 0.15) is 0 Å². The van der Waals surface area contributed by atoms with E-state index in [1.165, 1.54) is 14.2 Å².